The van der Waals surface area contributed by atoms with E-state index in [1.54, 1.807) is 6.20 Å². The van der Waals surface area contributed by atoms with Gasteiger partial charge in [0.15, 0.2) is 0 Å². The summed E-state index contributed by atoms with van der Waals surface area (Å²) in [5, 5.41) is 0. The van der Waals surface area contributed by atoms with Gasteiger partial charge in [-0.1, -0.05) is 30.3 Å². The lowest BCUT2D eigenvalue weighted by Gasteiger charge is -2.34. The molecule has 0 fully saturated rings. The van der Waals surface area contributed by atoms with E-state index >= 15 is 0 Å². The molecule has 0 radical (unpaired) electrons. The molecule has 1 aromatic carbocycles. The zero-order chi connectivity index (χ0) is 18.3. The number of hydrogen-bond acceptors (Lipinski definition) is 4. The van der Waals surface area contributed by atoms with Gasteiger partial charge < -0.3 is 5.73 Å². The van der Waals surface area contributed by atoms with E-state index in [1.807, 2.05) is 42.2 Å². The van der Waals surface area contributed by atoms with E-state index in [4.69, 9.17) is 5.73 Å². The van der Waals surface area contributed by atoms with Gasteiger partial charge in [-0.05, 0) is 36.1 Å². The van der Waals surface area contributed by atoms with Gasteiger partial charge in [0.05, 0.1) is 11.7 Å². The van der Waals surface area contributed by atoms with Crippen molar-refractivity contribution in [3.8, 4) is 0 Å². The Morgan fingerprint density at radius 3 is 2.77 bits per heavy atom. The van der Waals surface area contributed by atoms with Gasteiger partial charge in [0.1, 0.15) is 5.65 Å². The molecule has 4 rings (SSSR count). The normalized spacial score (nSPS) is 17.2. The van der Waals surface area contributed by atoms with E-state index in [-0.39, 0.29) is 11.5 Å². The van der Waals surface area contributed by atoms with Crippen molar-refractivity contribution in [2.75, 3.05) is 0 Å². The molecule has 1 amide bonds. The SMILES string of the molecule is Cc1cccn2c(=O)cc(CN3Cc4ccccc4C[C@@H]3C(N)=O)nc12. The summed E-state index contributed by atoms with van der Waals surface area (Å²) in [6.45, 7) is 2.94. The van der Waals surface area contributed by atoms with Crippen LogP contribution in [0.3, 0.4) is 0 Å². The molecule has 0 spiro atoms. The number of primary amides is 1. The van der Waals surface area contributed by atoms with Crippen LogP contribution in [0.1, 0.15) is 22.4 Å². The number of amides is 1. The topological polar surface area (TPSA) is 80.7 Å². The van der Waals surface area contributed by atoms with Crippen molar-refractivity contribution in [3.05, 3.63) is 81.4 Å². The van der Waals surface area contributed by atoms with Crippen molar-refractivity contribution in [2.24, 2.45) is 5.73 Å². The van der Waals surface area contributed by atoms with Gasteiger partial charge in [-0.25, -0.2) is 4.98 Å². The van der Waals surface area contributed by atoms with Crippen molar-refractivity contribution in [3.63, 3.8) is 0 Å². The van der Waals surface area contributed by atoms with E-state index in [9.17, 15) is 9.59 Å². The van der Waals surface area contributed by atoms with Crippen LogP contribution in [-0.4, -0.2) is 26.2 Å². The van der Waals surface area contributed by atoms with Gasteiger partial charge in [0.25, 0.3) is 5.56 Å². The van der Waals surface area contributed by atoms with Crippen LogP contribution in [0.15, 0.2) is 53.5 Å². The van der Waals surface area contributed by atoms with Gasteiger partial charge in [-0.3, -0.25) is 18.9 Å². The Morgan fingerprint density at radius 2 is 2.00 bits per heavy atom. The fraction of sp³-hybridized carbons (Fsp3) is 0.250. The molecule has 0 aliphatic carbocycles. The Labute approximate surface area is 150 Å². The van der Waals surface area contributed by atoms with Crippen LogP contribution in [0.5, 0.6) is 0 Å². The van der Waals surface area contributed by atoms with Crippen LogP contribution in [-0.2, 0) is 24.3 Å². The molecule has 0 bridgehead atoms. The van der Waals surface area contributed by atoms with E-state index in [2.05, 4.69) is 11.1 Å². The molecule has 1 aliphatic heterocycles. The summed E-state index contributed by atoms with van der Waals surface area (Å²) in [7, 11) is 0. The number of hydrogen-bond donors (Lipinski definition) is 1. The lowest BCUT2D eigenvalue weighted by molar-refractivity contribution is -0.124. The highest BCUT2D eigenvalue weighted by molar-refractivity contribution is 5.80. The van der Waals surface area contributed by atoms with Crippen molar-refractivity contribution in [1.82, 2.24) is 14.3 Å². The van der Waals surface area contributed by atoms with Crippen molar-refractivity contribution < 1.29 is 4.79 Å². The maximum absolute atomic E-state index is 12.4. The minimum Gasteiger partial charge on any atom is -0.368 e. The van der Waals surface area contributed by atoms with Crippen molar-refractivity contribution in [2.45, 2.75) is 32.5 Å². The molecule has 1 atom stereocenters. The number of nitrogens with zero attached hydrogens (tertiary/aromatic N) is 3. The maximum Gasteiger partial charge on any atom is 0.258 e. The van der Waals surface area contributed by atoms with Crippen LogP contribution in [0.4, 0.5) is 0 Å². The minimum atomic E-state index is -0.401. The molecule has 1 aliphatic rings. The van der Waals surface area contributed by atoms with Crippen LogP contribution in [0.25, 0.3) is 5.65 Å². The average Bonchev–Trinajstić information content (AvgIpc) is 2.62. The number of aromatic nitrogens is 2. The Balaban J connectivity index is 1.72. The molecule has 0 unspecified atom stereocenters. The molecular formula is C20H20N4O2. The first-order chi connectivity index (χ1) is 12.5. The molecule has 6 heteroatoms. The minimum absolute atomic E-state index is 0.123. The van der Waals surface area contributed by atoms with Crippen LogP contribution in [0, 0.1) is 6.92 Å². The number of aryl methyl sites for hydroxylation is 1. The number of nitrogens with two attached hydrogens (primary N) is 1. The van der Waals surface area contributed by atoms with Gasteiger partial charge in [0.2, 0.25) is 5.91 Å². The molecule has 26 heavy (non-hydrogen) atoms. The van der Waals surface area contributed by atoms with Gasteiger partial charge >= 0.3 is 0 Å². The maximum atomic E-state index is 12.4. The fourth-order valence-electron chi connectivity index (χ4n) is 3.62. The summed E-state index contributed by atoms with van der Waals surface area (Å²) in [4.78, 5) is 31.1. The third-order valence-electron chi connectivity index (χ3n) is 4.98. The number of rotatable bonds is 3. The second-order valence-electron chi connectivity index (χ2n) is 6.77. The zero-order valence-electron chi connectivity index (χ0n) is 14.6. The second-order valence-corrected chi connectivity index (χ2v) is 6.77. The quantitative estimate of drug-likeness (QED) is 0.776. The van der Waals surface area contributed by atoms with E-state index < -0.39 is 6.04 Å². The number of fused-ring (bicyclic) bond motifs is 2. The highest BCUT2D eigenvalue weighted by Crippen LogP contribution is 2.24. The Hall–Kier alpha value is -2.99. The van der Waals surface area contributed by atoms with Crippen LogP contribution in [0.2, 0.25) is 0 Å². The Kier molecular flexibility index (Phi) is 4.05. The number of carbonyl (C=O) groups is 1. The predicted molar refractivity (Wildman–Crippen MR) is 98.6 cm³/mol. The summed E-state index contributed by atoms with van der Waals surface area (Å²) in [6.07, 6.45) is 2.29. The van der Waals surface area contributed by atoms with Crippen molar-refractivity contribution in [1.29, 1.82) is 0 Å². The summed E-state index contributed by atoms with van der Waals surface area (Å²) in [5.41, 5.74) is 10.1. The second kappa shape index (κ2) is 6.38. The molecule has 2 N–H and O–H groups in total. The van der Waals surface area contributed by atoms with Gasteiger partial charge in [-0.2, -0.15) is 0 Å². The summed E-state index contributed by atoms with van der Waals surface area (Å²) in [6, 6.07) is 12.9. The van der Waals surface area contributed by atoms with E-state index in [0.29, 0.717) is 30.9 Å². The fourth-order valence-corrected chi connectivity index (χ4v) is 3.62. The largest absolute Gasteiger partial charge is 0.368 e. The number of carbonyl (C=O) groups excluding carboxylic acids is 1. The third-order valence-corrected chi connectivity index (χ3v) is 4.98. The standard InChI is InChI=1S/C20H20N4O2/c1-13-5-4-8-24-18(25)10-16(22-20(13)24)12-23-11-15-7-3-2-6-14(15)9-17(23)19(21)26/h2-8,10,17H,9,11-12H2,1H3,(H2,21,26)/t17-/m1/s1. The molecule has 3 heterocycles. The average molecular weight is 348 g/mol. The van der Waals surface area contributed by atoms with E-state index in [1.165, 1.54) is 16.0 Å². The number of benzene rings is 1. The predicted octanol–water partition coefficient (Wildman–Crippen LogP) is 1.42. The first-order valence-corrected chi connectivity index (χ1v) is 8.61. The van der Waals surface area contributed by atoms with Crippen molar-refractivity contribution >= 4 is 11.6 Å². The Bertz CT molecular complexity index is 1060. The van der Waals surface area contributed by atoms with E-state index in [0.717, 1.165) is 11.1 Å². The molecule has 0 saturated heterocycles. The van der Waals surface area contributed by atoms with Crippen LogP contribution >= 0.6 is 0 Å². The first kappa shape index (κ1) is 16.5. The molecule has 132 valence electrons. The monoisotopic (exact) mass is 348 g/mol. The smallest absolute Gasteiger partial charge is 0.258 e. The number of pyridine rings is 1. The summed E-state index contributed by atoms with van der Waals surface area (Å²) in [5.74, 6) is -0.354. The van der Waals surface area contributed by atoms with Gasteiger partial charge in [0, 0.05) is 25.4 Å². The highest BCUT2D eigenvalue weighted by Gasteiger charge is 2.30. The zero-order valence-corrected chi connectivity index (χ0v) is 14.6. The molecule has 6 nitrogen and oxygen atoms in total. The lowest BCUT2D eigenvalue weighted by atomic mass is 9.93. The summed E-state index contributed by atoms with van der Waals surface area (Å²) >= 11 is 0. The highest BCUT2D eigenvalue weighted by atomic mass is 16.1. The van der Waals surface area contributed by atoms with Crippen LogP contribution < -0.4 is 11.3 Å². The molecule has 0 saturated carbocycles. The Morgan fingerprint density at radius 1 is 1.23 bits per heavy atom. The third kappa shape index (κ3) is 2.88. The molecule has 2 aromatic heterocycles. The lowest BCUT2D eigenvalue weighted by Crippen LogP contribution is -2.48. The molecule has 3 aromatic rings. The van der Waals surface area contributed by atoms with Gasteiger partial charge in [-0.15, -0.1) is 0 Å². The summed E-state index contributed by atoms with van der Waals surface area (Å²) < 4.78 is 1.54. The first-order valence-electron chi connectivity index (χ1n) is 8.61. The molecular weight excluding hydrogens is 328 g/mol.